The summed E-state index contributed by atoms with van der Waals surface area (Å²) in [6.07, 6.45) is 4.92. The third-order valence-corrected chi connectivity index (χ3v) is 4.47. The fraction of sp³-hybridized carbons (Fsp3) is 0.615. The van der Waals surface area contributed by atoms with Crippen LogP contribution in [-0.2, 0) is 14.4 Å². The molecule has 84 valence electrons. The number of ketones is 3. The smallest absolute Gasteiger partial charge is 0.211 e. The third-order valence-electron chi connectivity index (χ3n) is 4.47. The third kappa shape index (κ3) is 0.920. The van der Waals surface area contributed by atoms with E-state index in [1.807, 2.05) is 12.2 Å². The number of fused-ring (bicyclic) bond motifs is 5. The number of carbonyl (C=O) groups excluding carboxylic acids is 3. The van der Waals surface area contributed by atoms with E-state index in [9.17, 15) is 14.4 Å². The van der Waals surface area contributed by atoms with Crippen molar-refractivity contribution >= 4 is 17.3 Å². The Morgan fingerprint density at radius 2 is 1.62 bits per heavy atom. The zero-order valence-corrected chi connectivity index (χ0v) is 9.40. The molecule has 3 nitrogen and oxygen atoms in total. The molecule has 3 aliphatic carbocycles. The van der Waals surface area contributed by atoms with Crippen molar-refractivity contribution in [3.05, 3.63) is 12.2 Å². The van der Waals surface area contributed by atoms with Crippen molar-refractivity contribution in [2.24, 2.45) is 29.1 Å². The Hall–Kier alpha value is -1.25. The summed E-state index contributed by atoms with van der Waals surface area (Å²) in [5.41, 5.74) is -1.10. The lowest BCUT2D eigenvalue weighted by Crippen LogP contribution is -2.54. The fourth-order valence-electron chi connectivity index (χ4n) is 3.53. The molecule has 3 aliphatic rings. The Morgan fingerprint density at radius 1 is 1.06 bits per heavy atom. The molecule has 3 rings (SSSR count). The number of hydrogen-bond acceptors (Lipinski definition) is 3. The van der Waals surface area contributed by atoms with Crippen LogP contribution in [0, 0.1) is 29.1 Å². The molecule has 3 heteroatoms. The largest absolute Gasteiger partial charge is 0.298 e. The van der Waals surface area contributed by atoms with Gasteiger partial charge in [-0.05, 0) is 32.1 Å². The Morgan fingerprint density at radius 3 is 2.25 bits per heavy atom. The SMILES string of the molecule is CC1(C)C(=O)C(=O)C2C3C=CC(C3)C2C1=O. The Balaban J connectivity index is 2.11. The predicted molar refractivity (Wildman–Crippen MR) is 56.5 cm³/mol. The van der Waals surface area contributed by atoms with Crippen LogP contribution >= 0.6 is 0 Å². The van der Waals surface area contributed by atoms with Crippen molar-refractivity contribution in [1.82, 2.24) is 0 Å². The average Bonchev–Trinajstić information content (AvgIpc) is 2.83. The summed E-state index contributed by atoms with van der Waals surface area (Å²) in [6.45, 7) is 3.17. The van der Waals surface area contributed by atoms with Crippen molar-refractivity contribution in [2.75, 3.05) is 0 Å². The highest BCUT2D eigenvalue weighted by Crippen LogP contribution is 2.53. The van der Waals surface area contributed by atoms with Crippen LogP contribution in [0.3, 0.4) is 0 Å². The summed E-state index contributed by atoms with van der Waals surface area (Å²) < 4.78 is 0. The molecule has 2 saturated carbocycles. The minimum atomic E-state index is -1.10. The Bertz CT molecular complexity index is 444. The van der Waals surface area contributed by atoms with Gasteiger partial charge in [-0.1, -0.05) is 12.2 Å². The van der Waals surface area contributed by atoms with Gasteiger partial charge in [0.2, 0.25) is 11.6 Å². The van der Waals surface area contributed by atoms with Crippen LogP contribution in [0.2, 0.25) is 0 Å². The van der Waals surface area contributed by atoms with Gasteiger partial charge in [-0.15, -0.1) is 0 Å². The average molecular weight is 218 g/mol. The summed E-state index contributed by atoms with van der Waals surface area (Å²) in [5, 5.41) is 0. The van der Waals surface area contributed by atoms with E-state index in [0.29, 0.717) is 0 Å². The molecule has 4 unspecified atom stereocenters. The second-order valence-corrected chi connectivity index (χ2v) is 5.68. The van der Waals surface area contributed by atoms with Gasteiger partial charge in [-0.2, -0.15) is 0 Å². The number of carbonyl (C=O) groups is 3. The summed E-state index contributed by atoms with van der Waals surface area (Å²) in [7, 11) is 0. The van der Waals surface area contributed by atoms with Crippen molar-refractivity contribution in [2.45, 2.75) is 20.3 Å². The molecular weight excluding hydrogens is 204 g/mol. The number of hydrogen-bond donors (Lipinski definition) is 0. The number of Topliss-reactive ketones (excluding diaryl/α,β-unsaturated/α-hetero) is 3. The van der Waals surface area contributed by atoms with Gasteiger partial charge in [0.1, 0.15) is 0 Å². The van der Waals surface area contributed by atoms with E-state index >= 15 is 0 Å². The van der Waals surface area contributed by atoms with Gasteiger partial charge in [0.15, 0.2) is 5.78 Å². The van der Waals surface area contributed by atoms with Gasteiger partial charge < -0.3 is 0 Å². The first-order valence-corrected chi connectivity index (χ1v) is 5.76. The van der Waals surface area contributed by atoms with E-state index < -0.39 is 11.2 Å². The number of rotatable bonds is 0. The molecule has 0 aromatic heterocycles. The van der Waals surface area contributed by atoms with E-state index in [2.05, 4.69) is 0 Å². The molecule has 0 heterocycles. The van der Waals surface area contributed by atoms with Crippen LogP contribution in [0.1, 0.15) is 20.3 Å². The monoisotopic (exact) mass is 218 g/mol. The first-order valence-electron chi connectivity index (χ1n) is 5.76. The lowest BCUT2D eigenvalue weighted by molar-refractivity contribution is -0.157. The van der Waals surface area contributed by atoms with Crippen molar-refractivity contribution in [3.63, 3.8) is 0 Å². The standard InChI is InChI=1S/C13H14O3/c1-13(2)11(15)9-7-4-3-6(5-7)8(9)10(14)12(13)16/h3-4,6-9H,5H2,1-2H3. The molecule has 0 amide bonds. The zero-order valence-electron chi connectivity index (χ0n) is 9.40. The first kappa shape index (κ1) is 9.94. The molecule has 2 fully saturated rings. The van der Waals surface area contributed by atoms with Crippen LogP contribution in [0.25, 0.3) is 0 Å². The number of allylic oxidation sites excluding steroid dienone is 2. The van der Waals surface area contributed by atoms with Crippen molar-refractivity contribution in [3.8, 4) is 0 Å². The second-order valence-electron chi connectivity index (χ2n) is 5.68. The van der Waals surface area contributed by atoms with Gasteiger partial charge in [-0.25, -0.2) is 0 Å². The maximum Gasteiger partial charge on any atom is 0.211 e. The molecule has 0 saturated heterocycles. The minimum absolute atomic E-state index is 0.0287. The highest BCUT2D eigenvalue weighted by molar-refractivity contribution is 6.46. The Labute approximate surface area is 93.9 Å². The molecule has 4 atom stereocenters. The van der Waals surface area contributed by atoms with Crippen molar-refractivity contribution in [1.29, 1.82) is 0 Å². The molecule has 0 N–H and O–H groups in total. The minimum Gasteiger partial charge on any atom is -0.298 e. The summed E-state index contributed by atoms with van der Waals surface area (Å²) >= 11 is 0. The van der Waals surface area contributed by atoms with Crippen LogP contribution < -0.4 is 0 Å². The molecule has 0 aromatic rings. The maximum absolute atomic E-state index is 12.3. The Kier molecular flexibility index (Phi) is 1.68. The predicted octanol–water partition coefficient (Wildman–Crippen LogP) is 1.17. The van der Waals surface area contributed by atoms with E-state index in [-0.39, 0.29) is 35.2 Å². The quantitative estimate of drug-likeness (QED) is 0.348. The van der Waals surface area contributed by atoms with Crippen LogP contribution in [0.15, 0.2) is 12.2 Å². The molecule has 0 radical (unpaired) electrons. The fourth-order valence-corrected chi connectivity index (χ4v) is 3.53. The molecular formula is C13H14O3. The summed E-state index contributed by atoms with van der Waals surface area (Å²) in [5.74, 6) is -1.08. The van der Waals surface area contributed by atoms with E-state index in [1.165, 1.54) is 0 Å². The van der Waals surface area contributed by atoms with Gasteiger partial charge in [-0.3, -0.25) is 14.4 Å². The highest BCUT2D eigenvalue weighted by atomic mass is 16.2. The van der Waals surface area contributed by atoms with Crippen LogP contribution in [-0.4, -0.2) is 17.3 Å². The van der Waals surface area contributed by atoms with Gasteiger partial charge >= 0.3 is 0 Å². The van der Waals surface area contributed by atoms with Crippen molar-refractivity contribution < 1.29 is 14.4 Å². The molecule has 0 aromatic carbocycles. The molecule has 16 heavy (non-hydrogen) atoms. The summed E-state index contributed by atoms with van der Waals surface area (Å²) in [6, 6.07) is 0. The lowest BCUT2D eigenvalue weighted by atomic mass is 9.62. The molecule has 0 spiro atoms. The zero-order chi connectivity index (χ0) is 11.7. The van der Waals surface area contributed by atoms with Gasteiger partial charge in [0.05, 0.1) is 5.41 Å². The van der Waals surface area contributed by atoms with E-state index in [4.69, 9.17) is 0 Å². The topological polar surface area (TPSA) is 51.2 Å². The van der Waals surface area contributed by atoms with E-state index in [1.54, 1.807) is 13.8 Å². The van der Waals surface area contributed by atoms with Gasteiger partial charge in [0.25, 0.3) is 0 Å². The van der Waals surface area contributed by atoms with Crippen LogP contribution in [0.4, 0.5) is 0 Å². The van der Waals surface area contributed by atoms with E-state index in [0.717, 1.165) is 6.42 Å². The maximum atomic E-state index is 12.3. The first-order chi connectivity index (χ1) is 7.44. The lowest BCUT2D eigenvalue weighted by Gasteiger charge is -2.37. The van der Waals surface area contributed by atoms with Crippen LogP contribution in [0.5, 0.6) is 0 Å². The molecule has 0 aliphatic heterocycles. The molecule has 2 bridgehead atoms. The second kappa shape index (κ2) is 2.70. The normalized spacial score (nSPS) is 44.0. The highest BCUT2D eigenvalue weighted by Gasteiger charge is 2.61. The van der Waals surface area contributed by atoms with Gasteiger partial charge in [0, 0.05) is 11.8 Å². The summed E-state index contributed by atoms with van der Waals surface area (Å²) in [4.78, 5) is 36.2.